The number of aromatic nitrogens is 1. The van der Waals surface area contributed by atoms with Gasteiger partial charge in [0.15, 0.2) is 0 Å². The minimum Gasteiger partial charge on any atom is -0.395 e. The Morgan fingerprint density at radius 1 is 1.07 bits per heavy atom. The molecule has 0 radical (unpaired) electrons. The van der Waals surface area contributed by atoms with E-state index in [-0.39, 0.29) is 19.1 Å². The number of fused-ring (bicyclic) bond motifs is 1. The number of aliphatic hydroxyl groups is 2. The Kier molecular flexibility index (Phi) is 8.14. The first-order chi connectivity index (χ1) is 19.4. The molecule has 40 heavy (non-hydrogen) atoms. The van der Waals surface area contributed by atoms with E-state index in [4.69, 9.17) is 4.99 Å². The minimum atomic E-state index is -1.17. The molecule has 2 aromatic carbocycles. The zero-order valence-corrected chi connectivity index (χ0v) is 23.6. The fourth-order valence-corrected chi connectivity index (χ4v) is 5.57. The molecule has 7 heteroatoms. The lowest BCUT2D eigenvalue weighted by Gasteiger charge is -2.36. The lowest BCUT2D eigenvalue weighted by molar-refractivity contribution is -0.147. The number of rotatable bonds is 8. The highest BCUT2D eigenvalue weighted by Gasteiger charge is 2.37. The maximum absolute atomic E-state index is 13.0. The Labute approximate surface area is 236 Å². The fourth-order valence-electron chi connectivity index (χ4n) is 5.57. The van der Waals surface area contributed by atoms with Crippen molar-refractivity contribution in [2.24, 2.45) is 10.4 Å². The number of aryl methyl sites for hydroxylation is 1. The molecule has 0 atom stereocenters. The molecule has 2 aliphatic heterocycles. The smallest absolute Gasteiger partial charge is 0.233 e. The van der Waals surface area contributed by atoms with Gasteiger partial charge in [-0.1, -0.05) is 31.2 Å². The van der Waals surface area contributed by atoms with Gasteiger partial charge in [-0.15, -0.1) is 0 Å². The van der Waals surface area contributed by atoms with Gasteiger partial charge in [0.1, 0.15) is 0 Å². The Hall–Kier alpha value is -3.81. The number of anilines is 2. The van der Waals surface area contributed by atoms with Gasteiger partial charge in [0.25, 0.3) is 0 Å². The second-order valence-corrected chi connectivity index (χ2v) is 11.1. The van der Waals surface area contributed by atoms with E-state index in [0.717, 1.165) is 58.7 Å². The summed E-state index contributed by atoms with van der Waals surface area (Å²) >= 11 is 0. The average Bonchev–Trinajstić information content (AvgIpc) is 3.01. The van der Waals surface area contributed by atoms with Crippen molar-refractivity contribution in [1.82, 2.24) is 9.88 Å². The molecule has 5 rings (SSSR count). The van der Waals surface area contributed by atoms with Crippen LogP contribution >= 0.6 is 0 Å². The van der Waals surface area contributed by atoms with Crippen LogP contribution in [0.1, 0.15) is 60.9 Å². The summed E-state index contributed by atoms with van der Waals surface area (Å²) in [5, 5.41) is 23.0. The highest BCUT2D eigenvalue weighted by atomic mass is 16.3. The molecule has 0 saturated heterocycles. The topological polar surface area (TPSA) is 98.1 Å². The number of allylic oxidation sites excluding steroid dienone is 1. The third kappa shape index (κ3) is 5.44. The van der Waals surface area contributed by atoms with E-state index in [9.17, 15) is 15.0 Å². The van der Waals surface area contributed by atoms with Crippen LogP contribution < -0.4 is 5.32 Å². The van der Waals surface area contributed by atoms with E-state index < -0.39 is 5.41 Å². The van der Waals surface area contributed by atoms with Gasteiger partial charge >= 0.3 is 0 Å². The highest BCUT2D eigenvalue weighted by Crippen LogP contribution is 2.36. The second-order valence-electron chi connectivity index (χ2n) is 11.1. The van der Waals surface area contributed by atoms with Crippen LogP contribution in [-0.2, 0) is 17.8 Å². The highest BCUT2D eigenvalue weighted by molar-refractivity contribution is 6.05. The Bertz CT molecular complexity index is 1460. The largest absolute Gasteiger partial charge is 0.395 e. The van der Waals surface area contributed by atoms with E-state index in [1.807, 2.05) is 24.4 Å². The molecule has 0 unspecified atom stereocenters. The van der Waals surface area contributed by atoms with Crippen LogP contribution in [0.15, 0.2) is 71.5 Å². The van der Waals surface area contributed by atoms with Gasteiger partial charge < -0.3 is 20.4 Å². The molecule has 0 aliphatic carbocycles. The van der Waals surface area contributed by atoms with Crippen LogP contribution in [-0.4, -0.2) is 51.5 Å². The Morgan fingerprint density at radius 3 is 2.62 bits per heavy atom. The molecule has 0 fully saturated rings. The molecule has 7 nitrogen and oxygen atoms in total. The maximum Gasteiger partial charge on any atom is 0.233 e. The summed E-state index contributed by atoms with van der Waals surface area (Å²) in [6, 6.07) is 16.6. The van der Waals surface area contributed by atoms with Crippen LogP contribution in [0, 0.1) is 12.3 Å². The standard InChI is InChI=1S/C33H38N4O3/c1-4-23-11-13-29(24-8-6-15-34-18-24)36-31(23)28-17-26(12-10-22(28)2)35-30-9-5-7-25-19-37(16-14-27(25)30)32(40)33(3,20-38)21-39/h5-10,12,15,17-18,35,38-39H,4,11,13-14,16,19-21H2,1-3H3. The number of amides is 1. The first kappa shape index (κ1) is 27.7. The summed E-state index contributed by atoms with van der Waals surface area (Å²) < 4.78 is 0. The van der Waals surface area contributed by atoms with Crippen molar-refractivity contribution in [3.05, 3.63) is 94.3 Å². The summed E-state index contributed by atoms with van der Waals surface area (Å²) in [6.45, 7) is 6.17. The van der Waals surface area contributed by atoms with Gasteiger partial charge in [-0.2, -0.15) is 0 Å². The Morgan fingerprint density at radius 2 is 1.90 bits per heavy atom. The van der Waals surface area contributed by atoms with Gasteiger partial charge in [-0.25, -0.2) is 0 Å². The second kappa shape index (κ2) is 11.7. The molecule has 0 saturated carbocycles. The maximum atomic E-state index is 13.0. The van der Waals surface area contributed by atoms with Crippen molar-refractivity contribution in [3.8, 4) is 0 Å². The summed E-state index contributed by atoms with van der Waals surface area (Å²) in [4.78, 5) is 24.2. The molecular formula is C33H38N4O3. The third-order valence-electron chi connectivity index (χ3n) is 8.21. The van der Waals surface area contributed by atoms with Crippen LogP contribution in [0.5, 0.6) is 0 Å². The van der Waals surface area contributed by atoms with Gasteiger partial charge in [-0.3, -0.25) is 14.8 Å². The number of benzene rings is 2. The molecule has 0 bridgehead atoms. The molecule has 0 spiro atoms. The van der Waals surface area contributed by atoms with Crippen LogP contribution in [0.25, 0.3) is 5.70 Å². The SMILES string of the molecule is CCC1=C(c2cc(Nc3cccc4c3CCN(C(=O)C(C)(CO)CO)C4)ccc2C)N=C(c2cccnc2)CC1. The number of carbonyl (C=O) groups excluding carboxylic acids is 1. The number of carbonyl (C=O) groups is 1. The summed E-state index contributed by atoms with van der Waals surface area (Å²) in [7, 11) is 0. The lowest BCUT2D eigenvalue weighted by atomic mass is 9.89. The summed E-state index contributed by atoms with van der Waals surface area (Å²) in [5.74, 6) is -0.219. The van der Waals surface area contributed by atoms with Crippen molar-refractivity contribution < 1.29 is 15.0 Å². The van der Waals surface area contributed by atoms with Crippen LogP contribution in [0.3, 0.4) is 0 Å². The first-order valence-corrected chi connectivity index (χ1v) is 14.1. The van der Waals surface area contributed by atoms with Gasteiger partial charge in [0.05, 0.1) is 30.0 Å². The molecule has 1 aromatic heterocycles. The number of nitrogens with zero attached hydrogens (tertiary/aromatic N) is 3. The molecule has 3 N–H and O–H groups in total. The number of aliphatic imine (C=N–C) groups is 1. The monoisotopic (exact) mass is 538 g/mol. The summed E-state index contributed by atoms with van der Waals surface area (Å²) in [6.07, 6.45) is 7.24. The lowest BCUT2D eigenvalue weighted by Crippen LogP contribution is -2.48. The zero-order chi connectivity index (χ0) is 28.3. The minimum absolute atomic E-state index is 0.219. The van der Waals surface area contributed by atoms with E-state index in [1.165, 1.54) is 16.7 Å². The third-order valence-corrected chi connectivity index (χ3v) is 8.21. The van der Waals surface area contributed by atoms with Crippen molar-refractivity contribution in [1.29, 1.82) is 0 Å². The van der Waals surface area contributed by atoms with Crippen LogP contribution in [0.2, 0.25) is 0 Å². The number of hydrogen-bond donors (Lipinski definition) is 3. The van der Waals surface area contributed by atoms with Gasteiger partial charge in [0.2, 0.25) is 5.91 Å². The Balaban J connectivity index is 1.43. The molecular weight excluding hydrogens is 500 g/mol. The van der Waals surface area contributed by atoms with E-state index in [1.54, 1.807) is 18.0 Å². The molecule has 208 valence electrons. The molecule has 2 aliphatic rings. The molecule has 3 aromatic rings. The normalized spacial score (nSPS) is 15.5. The summed E-state index contributed by atoms with van der Waals surface area (Å²) in [5.41, 5.74) is 10.0. The zero-order valence-electron chi connectivity index (χ0n) is 23.6. The van der Waals surface area contributed by atoms with E-state index in [2.05, 4.69) is 54.5 Å². The van der Waals surface area contributed by atoms with Crippen molar-refractivity contribution in [2.75, 3.05) is 25.1 Å². The number of aliphatic hydroxyl groups excluding tert-OH is 2. The number of hydrogen-bond acceptors (Lipinski definition) is 6. The van der Waals surface area contributed by atoms with Crippen molar-refractivity contribution in [3.63, 3.8) is 0 Å². The van der Waals surface area contributed by atoms with Gasteiger partial charge in [-0.05, 0) is 86.1 Å². The number of pyridine rings is 1. The molecule has 1 amide bonds. The predicted octanol–water partition coefficient (Wildman–Crippen LogP) is 5.41. The van der Waals surface area contributed by atoms with Gasteiger partial charge in [0, 0.05) is 48.0 Å². The average molecular weight is 539 g/mol. The number of nitrogens with one attached hydrogen (secondary N) is 1. The molecule has 3 heterocycles. The van der Waals surface area contributed by atoms with E-state index >= 15 is 0 Å². The van der Waals surface area contributed by atoms with E-state index in [0.29, 0.717) is 19.5 Å². The predicted molar refractivity (Wildman–Crippen MR) is 160 cm³/mol. The van der Waals surface area contributed by atoms with Crippen molar-refractivity contribution in [2.45, 2.75) is 53.0 Å². The van der Waals surface area contributed by atoms with Crippen molar-refractivity contribution >= 4 is 28.7 Å². The quantitative estimate of drug-likeness (QED) is 0.356. The van der Waals surface area contributed by atoms with Crippen LogP contribution in [0.4, 0.5) is 11.4 Å². The first-order valence-electron chi connectivity index (χ1n) is 14.1. The fraction of sp³-hybridized carbons (Fsp3) is 0.364.